The molecule has 0 radical (unpaired) electrons. The van der Waals surface area contributed by atoms with Crippen LogP contribution >= 0.6 is 0 Å². The van der Waals surface area contributed by atoms with Gasteiger partial charge in [-0.25, -0.2) is 4.98 Å². The van der Waals surface area contributed by atoms with E-state index in [4.69, 9.17) is 0 Å². The molecule has 0 aliphatic carbocycles. The molecule has 100 valence electrons. The van der Waals surface area contributed by atoms with E-state index in [-0.39, 0.29) is 0 Å². The number of anilines is 1. The Morgan fingerprint density at radius 1 is 1.00 bits per heavy atom. The highest BCUT2D eigenvalue weighted by molar-refractivity contribution is 5.34. The van der Waals surface area contributed by atoms with E-state index in [1.807, 2.05) is 19.3 Å². The van der Waals surface area contributed by atoms with Gasteiger partial charge in [-0.05, 0) is 31.2 Å². The predicted octanol–water partition coefficient (Wildman–Crippen LogP) is 3.06. The fourth-order valence-electron chi connectivity index (χ4n) is 2.04. The van der Waals surface area contributed by atoms with Crippen LogP contribution < -0.4 is 5.32 Å². The van der Waals surface area contributed by atoms with Gasteiger partial charge in [0.2, 0.25) is 0 Å². The van der Waals surface area contributed by atoms with Crippen molar-refractivity contribution in [1.29, 1.82) is 0 Å². The summed E-state index contributed by atoms with van der Waals surface area (Å²) in [4.78, 5) is 6.62. The van der Waals surface area contributed by atoms with Gasteiger partial charge in [0, 0.05) is 26.3 Å². The summed E-state index contributed by atoms with van der Waals surface area (Å²) < 4.78 is 0. The number of aromatic nitrogens is 1. The second kappa shape index (κ2) is 6.34. The Morgan fingerprint density at radius 3 is 2.21 bits per heavy atom. The van der Waals surface area contributed by atoms with Crippen molar-refractivity contribution >= 4 is 5.82 Å². The summed E-state index contributed by atoms with van der Waals surface area (Å²) >= 11 is 0. The van der Waals surface area contributed by atoms with Crippen LogP contribution in [0.3, 0.4) is 0 Å². The minimum absolute atomic E-state index is 0.907. The van der Waals surface area contributed by atoms with E-state index >= 15 is 0 Å². The Labute approximate surface area is 115 Å². The van der Waals surface area contributed by atoms with Crippen molar-refractivity contribution in [3.8, 4) is 0 Å². The molecule has 2 aromatic rings. The number of pyridine rings is 1. The Balaban J connectivity index is 1.92. The summed E-state index contributed by atoms with van der Waals surface area (Å²) in [6.07, 6.45) is 1.93. The van der Waals surface area contributed by atoms with Gasteiger partial charge in [0.25, 0.3) is 0 Å². The third-order valence-corrected chi connectivity index (χ3v) is 3.11. The molecular formula is C16H21N3. The van der Waals surface area contributed by atoms with Crippen LogP contribution in [0.4, 0.5) is 5.82 Å². The number of hydrogen-bond acceptors (Lipinski definition) is 3. The van der Waals surface area contributed by atoms with Crippen LogP contribution in [-0.2, 0) is 13.1 Å². The SMILES string of the molecule is CNc1ccc(CN(C)Cc2ccc(C)cc2)cn1. The largest absolute Gasteiger partial charge is 0.373 e. The molecule has 1 N–H and O–H groups in total. The van der Waals surface area contributed by atoms with Gasteiger partial charge >= 0.3 is 0 Å². The van der Waals surface area contributed by atoms with Gasteiger partial charge in [0.1, 0.15) is 5.82 Å². The Morgan fingerprint density at radius 2 is 1.63 bits per heavy atom. The van der Waals surface area contributed by atoms with Crippen molar-refractivity contribution < 1.29 is 0 Å². The van der Waals surface area contributed by atoms with Crippen LogP contribution in [0.25, 0.3) is 0 Å². The summed E-state index contributed by atoms with van der Waals surface area (Å²) in [7, 11) is 4.01. The van der Waals surface area contributed by atoms with E-state index in [9.17, 15) is 0 Å². The zero-order valence-corrected chi connectivity index (χ0v) is 11.9. The summed E-state index contributed by atoms with van der Waals surface area (Å²) in [5.74, 6) is 0.907. The van der Waals surface area contributed by atoms with Crippen molar-refractivity contribution in [2.24, 2.45) is 0 Å². The molecule has 0 saturated heterocycles. The van der Waals surface area contributed by atoms with E-state index in [0.717, 1.165) is 18.9 Å². The first-order valence-electron chi connectivity index (χ1n) is 6.54. The molecule has 0 aliphatic heterocycles. The molecular weight excluding hydrogens is 234 g/mol. The predicted molar refractivity (Wildman–Crippen MR) is 80.1 cm³/mol. The first kappa shape index (κ1) is 13.6. The Bertz CT molecular complexity index is 503. The number of aryl methyl sites for hydroxylation is 1. The van der Waals surface area contributed by atoms with E-state index < -0.39 is 0 Å². The normalized spacial score (nSPS) is 10.7. The Hall–Kier alpha value is -1.87. The second-order valence-corrected chi connectivity index (χ2v) is 4.96. The molecule has 0 fully saturated rings. The molecule has 3 nitrogen and oxygen atoms in total. The Kier molecular flexibility index (Phi) is 4.53. The lowest BCUT2D eigenvalue weighted by atomic mass is 10.1. The van der Waals surface area contributed by atoms with Crippen LogP contribution in [0.15, 0.2) is 42.6 Å². The maximum absolute atomic E-state index is 4.33. The first-order valence-corrected chi connectivity index (χ1v) is 6.54. The molecule has 1 aromatic heterocycles. The summed E-state index contributed by atoms with van der Waals surface area (Å²) in [5, 5.41) is 3.03. The van der Waals surface area contributed by atoms with Crippen molar-refractivity contribution in [3.05, 3.63) is 59.3 Å². The number of nitrogens with one attached hydrogen (secondary N) is 1. The smallest absolute Gasteiger partial charge is 0.125 e. The molecule has 0 aliphatic rings. The average molecular weight is 255 g/mol. The fraction of sp³-hybridized carbons (Fsp3) is 0.312. The van der Waals surface area contributed by atoms with E-state index in [1.54, 1.807) is 0 Å². The number of hydrogen-bond donors (Lipinski definition) is 1. The molecule has 2 rings (SSSR count). The molecule has 0 atom stereocenters. The van der Waals surface area contributed by atoms with Crippen molar-refractivity contribution in [3.63, 3.8) is 0 Å². The van der Waals surface area contributed by atoms with Crippen LogP contribution in [0.1, 0.15) is 16.7 Å². The lowest BCUT2D eigenvalue weighted by molar-refractivity contribution is 0.318. The molecule has 3 heteroatoms. The van der Waals surface area contributed by atoms with Crippen molar-refractivity contribution in [2.75, 3.05) is 19.4 Å². The minimum Gasteiger partial charge on any atom is -0.373 e. The molecule has 19 heavy (non-hydrogen) atoms. The second-order valence-electron chi connectivity index (χ2n) is 4.96. The highest BCUT2D eigenvalue weighted by atomic mass is 15.1. The van der Waals surface area contributed by atoms with Gasteiger partial charge in [0.15, 0.2) is 0 Å². The lowest BCUT2D eigenvalue weighted by Gasteiger charge is -2.17. The first-order chi connectivity index (χ1) is 9.17. The highest BCUT2D eigenvalue weighted by Gasteiger charge is 2.02. The molecule has 0 bridgehead atoms. The fourth-order valence-corrected chi connectivity index (χ4v) is 2.04. The third kappa shape index (κ3) is 4.07. The topological polar surface area (TPSA) is 28.2 Å². The maximum atomic E-state index is 4.33. The lowest BCUT2D eigenvalue weighted by Crippen LogP contribution is -2.17. The summed E-state index contributed by atoms with van der Waals surface area (Å²) in [6.45, 7) is 3.97. The van der Waals surface area contributed by atoms with Gasteiger partial charge in [-0.3, -0.25) is 4.90 Å². The number of benzene rings is 1. The van der Waals surface area contributed by atoms with Crippen molar-refractivity contribution in [2.45, 2.75) is 20.0 Å². The van der Waals surface area contributed by atoms with Crippen LogP contribution in [-0.4, -0.2) is 24.0 Å². The summed E-state index contributed by atoms with van der Waals surface area (Å²) in [6, 6.07) is 12.8. The average Bonchev–Trinajstić information content (AvgIpc) is 2.42. The van der Waals surface area contributed by atoms with Crippen LogP contribution in [0, 0.1) is 6.92 Å². The standard InChI is InChI=1S/C16H21N3/c1-13-4-6-14(7-5-13)11-19(3)12-15-8-9-16(17-2)18-10-15/h4-10H,11-12H2,1-3H3,(H,17,18). The van der Waals surface area contributed by atoms with E-state index in [1.165, 1.54) is 16.7 Å². The molecule has 0 saturated carbocycles. The van der Waals surface area contributed by atoms with Gasteiger partial charge < -0.3 is 5.32 Å². The molecule has 1 heterocycles. The highest BCUT2D eigenvalue weighted by Crippen LogP contribution is 2.10. The van der Waals surface area contributed by atoms with Crippen LogP contribution in [0.2, 0.25) is 0 Å². The third-order valence-electron chi connectivity index (χ3n) is 3.11. The molecule has 0 spiro atoms. The van der Waals surface area contributed by atoms with Gasteiger partial charge in [0.05, 0.1) is 0 Å². The maximum Gasteiger partial charge on any atom is 0.125 e. The van der Waals surface area contributed by atoms with Gasteiger partial charge in [-0.15, -0.1) is 0 Å². The van der Waals surface area contributed by atoms with Crippen LogP contribution in [0.5, 0.6) is 0 Å². The molecule has 0 amide bonds. The monoisotopic (exact) mass is 255 g/mol. The van der Waals surface area contributed by atoms with E-state index in [2.05, 4.69) is 59.5 Å². The number of nitrogens with zero attached hydrogens (tertiary/aromatic N) is 2. The van der Waals surface area contributed by atoms with Crippen molar-refractivity contribution in [1.82, 2.24) is 9.88 Å². The summed E-state index contributed by atoms with van der Waals surface area (Å²) in [5.41, 5.74) is 3.87. The molecule has 0 unspecified atom stereocenters. The van der Waals surface area contributed by atoms with Gasteiger partial charge in [-0.1, -0.05) is 35.9 Å². The molecule has 1 aromatic carbocycles. The number of rotatable bonds is 5. The minimum atomic E-state index is 0.907. The zero-order valence-electron chi connectivity index (χ0n) is 11.9. The van der Waals surface area contributed by atoms with E-state index in [0.29, 0.717) is 0 Å². The quantitative estimate of drug-likeness (QED) is 0.890. The van der Waals surface area contributed by atoms with Gasteiger partial charge in [-0.2, -0.15) is 0 Å². The zero-order chi connectivity index (χ0) is 13.7.